The van der Waals surface area contributed by atoms with E-state index in [-0.39, 0.29) is 0 Å². The average molecular weight is 192 g/mol. The zero-order valence-electron chi connectivity index (χ0n) is 9.11. The highest BCUT2D eigenvalue weighted by atomic mass is 15.1. The molecule has 0 aliphatic carbocycles. The van der Waals surface area contributed by atoms with Crippen LogP contribution in [0.3, 0.4) is 0 Å². The minimum Gasteiger partial charge on any atom is -0.330 e. The lowest BCUT2D eigenvalue weighted by molar-refractivity contribution is 0.260. The van der Waals surface area contributed by atoms with Crippen molar-refractivity contribution in [3.05, 3.63) is 35.9 Å². The first-order chi connectivity index (χ1) is 6.75. The Labute approximate surface area is 86.7 Å². The Bertz CT molecular complexity index is 246. The van der Waals surface area contributed by atoms with Crippen LogP contribution in [0.5, 0.6) is 0 Å². The highest BCUT2D eigenvalue weighted by Gasteiger charge is 2.09. The molecule has 2 heteroatoms. The van der Waals surface area contributed by atoms with Crippen molar-refractivity contribution in [2.45, 2.75) is 19.4 Å². The predicted octanol–water partition coefficient (Wildman–Crippen LogP) is 2.03. The van der Waals surface area contributed by atoms with Gasteiger partial charge in [0.1, 0.15) is 0 Å². The molecule has 78 valence electrons. The van der Waals surface area contributed by atoms with Gasteiger partial charge in [0, 0.05) is 6.04 Å². The number of nitrogens with zero attached hydrogens (tertiary/aromatic N) is 1. The lowest BCUT2D eigenvalue weighted by Crippen LogP contribution is -2.25. The molecule has 0 fully saturated rings. The summed E-state index contributed by atoms with van der Waals surface area (Å²) in [6, 6.07) is 11.0. The first kappa shape index (κ1) is 11.2. The van der Waals surface area contributed by atoms with Gasteiger partial charge in [0.15, 0.2) is 0 Å². The maximum atomic E-state index is 5.49. The van der Waals surface area contributed by atoms with E-state index in [4.69, 9.17) is 5.73 Å². The van der Waals surface area contributed by atoms with Gasteiger partial charge in [0.2, 0.25) is 0 Å². The van der Waals surface area contributed by atoms with Gasteiger partial charge >= 0.3 is 0 Å². The zero-order chi connectivity index (χ0) is 10.4. The Balaban J connectivity index is 2.52. The van der Waals surface area contributed by atoms with Gasteiger partial charge in [-0.2, -0.15) is 0 Å². The second-order valence-electron chi connectivity index (χ2n) is 3.71. The first-order valence-corrected chi connectivity index (χ1v) is 5.21. The quantitative estimate of drug-likeness (QED) is 0.773. The molecule has 0 bridgehead atoms. The minimum absolute atomic E-state index is 0.475. The molecule has 0 radical (unpaired) electrons. The van der Waals surface area contributed by atoms with E-state index in [1.807, 2.05) is 0 Å². The highest BCUT2D eigenvalue weighted by molar-refractivity contribution is 5.18. The fraction of sp³-hybridized carbons (Fsp3) is 0.500. The van der Waals surface area contributed by atoms with Crippen LogP contribution in [0.15, 0.2) is 30.3 Å². The molecular formula is C12H20N2. The summed E-state index contributed by atoms with van der Waals surface area (Å²) in [7, 11) is 2.15. The summed E-state index contributed by atoms with van der Waals surface area (Å²) in [6.45, 7) is 4.06. The van der Waals surface area contributed by atoms with Crippen molar-refractivity contribution in [3.63, 3.8) is 0 Å². The summed E-state index contributed by atoms with van der Waals surface area (Å²) in [6.07, 6.45) is 1.06. The maximum absolute atomic E-state index is 5.49. The van der Waals surface area contributed by atoms with E-state index in [0.717, 1.165) is 19.5 Å². The van der Waals surface area contributed by atoms with E-state index in [9.17, 15) is 0 Å². The normalized spacial score (nSPS) is 13.1. The van der Waals surface area contributed by atoms with Gasteiger partial charge in [-0.25, -0.2) is 0 Å². The van der Waals surface area contributed by atoms with Crippen molar-refractivity contribution in [1.29, 1.82) is 0 Å². The Morgan fingerprint density at radius 2 is 1.93 bits per heavy atom. The topological polar surface area (TPSA) is 29.3 Å². The molecule has 0 amide bonds. The first-order valence-electron chi connectivity index (χ1n) is 5.21. The molecule has 0 aliphatic rings. The van der Waals surface area contributed by atoms with Gasteiger partial charge in [-0.15, -0.1) is 0 Å². The molecule has 1 rings (SSSR count). The Morgan fingerprint density at radius 1 is 1.29 bits per heavy atom. The van der Waals surface area contributed by atoms with Crippen molar-refractivity contribution in [3.8, 4) is 0 Å². The molecule has 0 saturated carbocycles. The van der Waals surface area contributed by atoms with E-state index in [0.29, 0.717) is 6.04 Å². The van der Waals surface area contributed by atoms with E-state index in [1.54, 1.807) is 0 Å². The third-order valence-electron chi connectivity index (χ3n) is 2.66. The van der Waals surface area contributed by atoms with Crippen molar-refractivity contribution < 1.29 is 0 Å². The summed E-state index contributed by atoms with van der Waals surface area (Å²) in [5.74, 6) is 0. The van der Waals surface area contributed by atoms with E-state index in [1.165, 1.54) is 5.56 Å². The van der Waals surface area contributed by atoms with Gasteiger partial charge < -0.3 is 5.73 Å². The summed E-state index contributed by atoms with van der Waals surface area (Å²) in [4.78, 5) is 2.34. The van der Waals surface area contributed by atoms with Crippen LogP contribution < -0.4 is 5.73 Å². The molecule has 0 heterocycles. The SMILES string of the molecule is CC(c1ccccc1)N(C)CCCN. The van der Waals surface area contributed by atoms with Gasteiger partial charge in [0.25, 0.3) is 0 Å². The minimum atomic E-state index is 0.475. The molecule has 1 unspecified atom stereocenters. The molecule has 1 aromatic carbocycles. The standard InChI is InChI=1S/C12H20N2/c1-11(14(2)10-6-9-13)12-7-4-3-5-8-12/h3-5,7-8,11H,6,9-10,13H2,1-2H3. The summed E-state index contributed by atoms with van der Waals surface area (Å²) < 4.78 is 0. The number of hydrogen-bond donors (Lipinski definition) is 1. The maximum Gasteiger partial charge on any atom is 0.0316 e. The Hall–Kier alpha value is -0.860. The van der Waals surface area contributed by atoms with Crippen molar-refractivity contribution in [2.24, 2.45) is 5.73 Å². The van der Waals surface area contributed by atoms with Crippen LogP contribution in [0.25, 0.3) is 0 Å². The molecule has 0 saturated heterocycles. The highest BCUT2D eigenvalue weighted by Crippen LogP contribution is 2.17. The second kappa shape index (κ2) is 5.78. The summed E-state index contributed by atoms with van der Waals surface area (Å²) in [5.41, 5.74) is 6.86. The lowest BCUT2D eigenvalue weighted by Gasteiger charge is -2.24. The van der Waals surface area contributed by atoms with Crippen molar-refractivity contribution in [2.75, 3.05) is 20.1 Å². The molecular weight excluding hydrogens is 172 g/mol. The van der Waals surface area contributed by atoms with E-state index in [2.05, 4.69) is 49.2 Å². The number of benzene rings is 1. The largest absolute Gasteiger partial charge is 0.330 e. The summed E-state index contributed by atoms with van der Waals surface area (Å²) in [5, 5.41) is 0. The predicted molar refractivity (Wildman–Crippen MR) is 61.2 cm³/mol. The van der Waals surface area contributed by atoms with Crippen LogP contribution in [0.1, 0.15) is 24.9 Å². The van der Waals surface area contributed by atoms with Crippen LogP contribution in [-0.4, -0.2) is 25.0 Å². The second-order valence-corrected chi connectivity index (χ2v) is 3.71. The lowest BCUT2D eigenvalue weighted by atomic mass is 10.1. The average Bonchev–Trinajstić information content (AvgIpc) is 2.26. The van der Waals surface area contributed by atoms with Gasteiger partial charge in [-0.3, -0.25) is 4.90 Å². The smallest absolute Gasteiger partial charge is 0.0316 e. The zero-order valence-corrected chi connectivity index (χ0v) is 9.11. The number of rotatable bonds is 5. The van der Waals surface area contributed by atoms with Gasteiger partial charge in [-0.1, -0.05) is 30.3 Å². The Kier molecular flexibility index (Phi) is 4.63. The molecule has 2 N–H and O–H groups in total. The van der Waals surface area contributed by atoms with Crippen LogP contribution in [-0.2, 0) is 0 Å². The molecule has 0 aromatic heterocycles. The third kappa shape index (κ3) is 3.13. The van der Waals surface area contributed by atoms with E-state index >= 15 is 0 Å². The van der Waals surface area contributed by atoms with Gasteiger partial charge in [0.05, 0.1) is 0 Å². The van der Waals surface area contributed by atoms with Gasteiger partial charge in [-0.05, 0) is 39.0 Å². The monoisotopic (exact) mass is 192 g/mol. The van der Waals surface area contributed by atoms with Crippen LogP contribution >= 0.6 is 0 Å². The molecule has 0 aliphatic heterocycles. The Morgan fingerprint density at radius 3 is 2.50 bits per heavy atom. The molecule has 1 aromatic rings. The van der Waals surface area contributed by atoms with E-state index < -0.39 is 0 Å². The van der Waals surface area contributed by atoms with Crippen LogP contribution in [0, 0.1) is 0 Å². The number of hydrogen-bond acceptors (Lipinski definition) is 2. The number of nitrogens with two attached hydrogens (primary N) is 1. The van der Waals surface area contributed by atoms with Crippen molar-refractivity contribution >= 4 is 0 Å². The molecule has 1 atom stereocenters. The van der Waals surface area contributed by atoms with Crippen molar-refractivity contribution in [1.82, 2.24) is 4.90 Å². The van der Waals surface area contributed by atoms with Crippen LogP contribution in [0.2, 0.25) is 0 Å². The molecule has 0 spiro atoms. The molecule has 14 heavy (non-hydrogen) atoms. The fourth-order valence-electron chi connectivity index (χ4n) is 1.52. The summed E-state index contributed by atoms with van der Waals surface area (Å²) >= 11 is 0. The fourth-order valence-corrected chi connectivity index (χ4v) is 1.52. The third-order valence-corrected chi connectivity index (χ3v) is 2.66. The van der Waals surface area contributed by atoms with Crippen LogP contribution in [0.4, 0.5) is 0 Å². The molecule has 2 nitrogen and oxygen atoms in total.